The number of carbonyl (C=O) groups excluding carboxylic acids is 1. The van der Waals surface area contributed by atoms with E-state index in [-0.39, 0.29) is 11.9 Å². The van der Waals surface area contributed by atoms with Gasteiger partial charge in [0, 0.05) is 23.5 Å². The van der Waals surface area contributed by atoms with Crippen LogP contribution in [0, 0.1) is 0 Å². The second kappa shape index (κ2) is 6.53. The van der Waals surface area contributed by atoms with E-state index < -0.39 is 0 Å². The van der Waals surface area contributed by atoms with Crippen molar-refractivity contribution in [2.45, 2.75) is 32.9 Å². The number of thiazole rings is 1. The summed E-state index contributed by atoms with van der Waals surface area (Å²) in [6, 6.07) is 0.233. The lowest BCUT2D eigenvalue weighted by atomic mass is 10.2. The molecule has 0 spiro atoms. The summed E-state index contributed by atoms with van der Waals surface area (Å²) in [6.45, 7) is 5.52. The minimum absolute atomic E-state index is 0.0804. The molecular weight excluding hydrogens is 210 g/mol. The van der Waals surface area contributed by atoms with Crippen LogP contribution in [0.4, 0.5) is 0 Å². The van der Waals surface area contributed by atoms with Crippen LogP contribution in [-0.4, -0.2) is 23.5 Å². The highest BCUT2D eigenvalue weighted by Gasteiger charge is 2.07. The second-order valence-corrected chi connectivity index (χ2v) is 4.38. The number of nitrogens with zero attached hydrogens (tertiary/aromatic N) is 1. The molecule has 1 unspecified atom stereocenters. The zero-order valence-corrected chi connectivity index (χ0v) is 9.93. The molecule has 1 heterocycles. The maximum Gasteiger partial charge on any atom is 0.221 e. The van der Waals surface area contributed by atoms with Gasteiger partial charge in [-0.1, -0.05) is 6.92 Å². The van der Waals surface area contributed by atoms with Crippen molar-refractivity contribution in [3.05, 3.63) is 16.6 Å². The molecule has 1 rings (SSSR count). The van der Waals surface area contributed by atoms with Crippen molar-refractivity contribution in [3.8, 4) is 0 Å². The topological polar surface area (TPSA) is 54.0 Å². The first kappa shape index (κ1) is 12.1. The van der Waals surface area contributed by atoms with Gasteiger partial charge >= 0.3 is 0 Å². The summed E-state index contributed by atoms with van der Waals surface area (Å²) in [6.07, 6.45) is 2.30. The number of amides is 1. The van der Waals surface area contributed by atoms with Crippen LogP contribution in [0.25, 0.3) is 0 Å². The Morgan fingerprint density at radius 2 is 2.47 bits per heavy atom. The van der Waals surface area contributed by atoms with Crippen LogP contribution in [-0.2, 0) is 11.3 Å². The molecule has 15 heavy (non-hydrogen) atoms. The fourth-order valence-electron chi connectivity index (χ4n) is 1.29. The Labute approximate surface area is 94.1 Å². The Morgan fingerprint density at radius 3 is 3.07 bits per heavy atom. The normalized spacial score (nSPS) is 12.4. The zero-order chi connectivity index (χ0) is 11.1. The fourth-order valence-corrected chi connectivity index (χ4v) is 1.82. The molecule has 0 bridgehead atoms. The van der Waals surface area contributed by atoms with Crippen molar-refractivity contribution in [1.29, 1.82) is 0 Å². The number of hydrogen-bond acceptors (Lipinski definition) is 4. The molecule has 0 fully saturated rings. The minimum atomic E-state index is 0.0804. The van der Waals surface area contributed by atoms with E-state index in [4.69, 9.17) is 0 Å². The molecular formula is C10H17N3OS. The van der Waals surface area contributed by atoms with Crippen molar-refractivity contribution >= 4 is 17.2 Å². The lowest BCUT2D eigenvalue weighted by Crippen LogP contribution is -2.33. The summed E-state index contributed by atoms with van der Waals surface area (Å²) in [5.41, 5.74) is 1.77. The molecule has 0 saturated heterocycles. The molecule has 5 heteroatoms. The van der Waals surface area contributed by atoms with Crippen LogP contribution in [0.1, 0.15) is 25.1 Å². The van der Waals surface area contributed by atoms with Crippen LogP contribution in [0.2, 0.25) is 0 Å². The molecule has 1 atom stereocenters. The molecule has 0 saturated carbocycles. The summed E-state index contributed by atoms with van der Waals surface area (Å²) in [5, 5.41) is 6.06. The molecule has 1 aromatic heterocycles. The van der Waals surface area contributed by atoms with Crippen LogP contribution >= 0.6 is 11.3 Å². The van der Waals surface area contributed by atoms with E-state index in [0.717, 1.165) is 11.4 Å². The van der Waals surface area contributed by atoms with Crippen LogP contribution < -0.4 is 10.6 Å². The number of hydrogen-bond donors (Lipinski definition) is 2. The zero-order valence-electron chi connectivity index (χ0n) is 9.12. The van der Waals surface area contributed by atoms with E-state index in [9.17, 15) is 4.79 Å². The molecule has 84 valence electrons. The Morgan fingerprint density at radius 1 is 1.67 bits per heavy atom. The third kappa shape index (κ3) is 4.90. The van der Waals surface area contributed by atoms with Crippen molar-refractivity contribution in [2.75, 3.05) is 6.54 Å². The molecule has 2 N–H and O–H groups in total. The highest BCUT2D eigenvalue weighted by molar-refractivity contribution is 7.09. The van der Waals surface area contributed by atoms with Gasteiger partial charge < -0.3 is 10.6 Å². The van der Waals surface area contributed by atoms with Crippen molar-refractivity contribution in [3.63, 3.8) is 0 Å². The van der Waals surface area contributed by atoms with Gasteiger partial charge in [0.25, 0.3) is 0 Å². The van der Waals surface area contributed by atoms with Crippen LogP contribution in [0.5, 0.6) is 0 Å². The van der Waals surface area contributed by atoms with Gasteiger partial charge in [0.2, 0.25) is 5.91 Å². The SMILES string of the molecule is CCNC(C)CC(=O)NCc1cncs1. The summed E-state index contributed by atoms with van der Waals surface area (Å²) in [7, 11) is 0. The van der Waals surface area contributed by atoms with E-state index in [2.05, 4.69) is 15.6 Å². The number of carbonyl (C=O) groups is 1. The molecule has 1 aromatic rings. The monoisotopic (exact) mass is 227 g/mol. The van der Waals surface area contributed by atoms with Crippen molar-refractivity contribution < 1.29 is 4.79 Å². The van der Waals surface area contributed by atoms with E-state index in [1.54, 1.807) is 23.0 Å². The molecule has 0 aliphatic heterocycles. The number of rotatable bonds is 6. The van der Waals surface area contributed by atoms with Gasteiger partial charge in [-0.25, -0.2) is 0 Å². The highest BCUT2D eigenvalue weighted by atomic mass is 32.1. The smallest absolute Gasteiger partial charge is 0.221 e. The van der Waals surface area contributed by atoms with Gasteiger partial charge in [0.1, 0.15) is 0 Å². The number of nitrogens with one attached hydrogen (secondary N) is 2. The first-order valence-electron chi connectivity index (χ1n) is 5.09. The Hall–Kier alpha value is -0.940. The standard InChI is InChI=1S/C10H17N3OS/c1-3-12-8(2)4-10(14)13-6-9-5-11-7-15-9/h5,7-8,12H,3-4,6H2,1-2H3,(H,13,14). The summed E-state index contributed by atoms with van der Waals surface area (Å²) in [4.78, 5) is 16.5. The maximum atomic E-state index is 11.5. The van der Waals surface area contributed by atoms with Gasteiger partial charge in [0.05, 0.1) is 12.1 Å². The lowest BCUT2D eigenvalue weighted by Gasteiger charge is -2.11. The Kier molecular flexibility index (Phi) is 5.28. The van der Waals surface area contributed by atoms with Gasteiger partial charge in [-0.3, -0.25) is 9.78 Å². The van der Waals surface area contributed by atoms with Gasteiger partial charge in [-0.2, -0.15) is 0 Å². The predicted molar refractivity (Wildman–Crippen MR) is 61.7 cm³/mol. The molecule has 0 aliphatic carbocycles. The summed E-state index contributed by atoms with van der Waals surface area (Å²) < 4.78 is 0. The van der Waals surface area contributed by atoms with Crippen LogP contribution in [0.15, 0.2) is 11.7 Å². The summed E-state index contributed by atoms with van der Waals surface area (Å²) in [5.74, 6) is 0.0804. The van der Waals surface area contributed by atoms with E-state index in [1.165, 1.54) is 0 Å². The van der Waals surface area contributed by atoms with Crippen molar-refractivity contribution in [1.82, 2.24) is 15.6 Å². The first-order valence-corrected chi connectivity index (χ1v) is 5.97. The third-order valence-electron chi connectivity index (χ3n) is 1.99. The largest absolute Gasteiger partial charge is 0.351 e. The quantitative estimate of drug-likeness (QED) is 0.766. The molecule has 1 amide bonds. The Balaban J connectivity index is 2.19. The first-order chi connectivity index (χ1) is 7.22. The lowest BCUT2D eigenvalue weighted by molar-refractivity contribution is -0.121. The molecule has 0 aromatic carbocycles. The van der Waals surface area contributed by atoms with Crippen LogP contribution in [0.3, 0.4) is 0 Å². The van der Waals surface area contributed by atoms with Gasteiger partial charge in [-0.05, 0) is 13.5 Å². The molecule has 0 aliphatic rings. The fraction of sp³-hybridized carbons (Fsp3) is 0.600. The Bertz CT molecular complexity index is 287. The average molecular weight is 227 g/mol. The van der Waals surface area contributed by atoms with E-state index in [0.29, 0.717) is 13.0 Å². The van der Waals surface area contributed by atoms with E-state index in [1.807, 2.05) is 13.8 Å². The highest BCUT2D eigenvalue weighted by Crippen LogP contribution is 2.04. The van der Waals surface area contributed by atoms with E-state index >= 15 is 0 Å². The molecule has 0 radical (unpaired) electrons. The third-order valence-corrected chi connectivity index (χ3v) is 2.77. The van der Waals surface area contributed by atoms with Gasteiger partial charge in [0.15, 0.2) is 0 Å². The predicted octanol–water partition coefficient (Wildman–Crippen LogP) is 1.15. The minimum Gasteiger partial charge on any atom is -0.351 e. The van der Waals surface area contributed by atoms with Gasteiger partial charge in [-0.15, -0.1) is 11.3 Å². The summed E-state index contributed by atoms with van der Waals surface area (Å²) >= 11 is 1.55. The maximum absolute atomic E-state index is 11.5. The average Bonchev–Trinajstić information content (AvgIpc) is 2.67. The number of aromatic nitrogens is 1. The van der Waals surface area contributed by atoms with Crippen molar-refractivity contribution in [2.24, 2.45) is 0 Å². The second-order valence-electron chi connectivity index (χ2n) is 3.41. The molecule has 4 nitrogen and oxygen atoms in total.